The van der Waals surface area contributed by atoms with E-state index in [1.165, 1.54) is 23.8 Å². The minimum Gasteiger partial charge on any atom is -0.461 e. The zero-order valence-corrected chi connectivity index (χ0v) is 11.2. The lowest BCUT2D eigenvalue weighted by molar-refractivity contribution is 0.477. The van der Waals surface area contributed by atoms with Gasteiger partial charge in [-0.3, -0.25) is 0 Å². The van der Waals surface area contributed by atoms with Crippen molar-refractivity contribution in [2.45, 2.75) is 45.1 Å². The smallest absolute Gasteiger partial charge is 0.134 e. The minimum absolute atomic E-state index is 0.490. The molecule has 1 unspecified atom stereocenters. The van der Waals surface area contributed by atoms with E-state index in [0.717, 1.165) is 30.4 Å². The Morgan fingerprint density at radius 1 is 1.33 bits per heavy atom. The van der Waals surface area contributed by atoms with Crippen LogP contribution in [0.2, 0.25) is 0 Å². The third-order valence-corrected chi connectivity index (χ3v) is 3.76. The Bertz CT molecular complexity index is 539. The number of rotatable bonds is 5. The largest absolute Gasteiger partial charge is 0.461 e. The van der Waals surface area contributed by atoms with E-state index in [1.807, 2.05) is 0 Å². The lowest BCUT2D eigenvalue weighted by atomic mass is 10.0. The Balaban J connectivity index is 1.67. The first kappa shape index (κ1) is 11.8. The van der Waals surface area contributed by atoms with Gasteiger partial charge in [-0.2, -0.15) is 0 Å². The van der Waals surface area contributed by atoms with Crippen LogP contribution in [0.3, 0.4) is 0 Å². The zero-order chi connectivity index (χ0) is 12.5. The van der Waals surface area contributed by atoms with Gasteiger partial charge in [-0.25, -0.2) is 0 Å². The fourth-order valence-corrected chi connectivity index (χ4v) is 2.36. The highest BCUT2D eigenvalue weighted by Crippen LogP contribution is 2.27. The number of hydrogen-bond acceptors (Lipinski definition) is 2. The summed E-state index contributed by atoms with van der Waals surface area (Å²) in [6.45, 7) is 5.47. The van der Waals surface area contributed by atoms with Gasteiger partial charge in [0.15, 0.2) is 0 Å². The van der Waals surface area contributed by atoms with Crippen LogP contribution in [0.15, 0.2) is 28.7 Å². The maximum absolute atomic E-state index is 5.93. The highest BCUT2D eigenvalue weighted by Gasteiger charge is 2.20. The van der Waals surface area contributed by atoms with Crippen LogP contribution in [0.4, 0.5) is 0 Å². The molecule has 2 nitrogen and oxygen atoms in total. The van der Waals surface area contributed by atoms with Crippen LogP contribution < -0.4 is 5.32 Å². The number of benzene rings is 1. The van der Waals surface area contributed by atoms with Crippen molar-refractivity contribution >= 4 is 11.0 Å². The third-order valence-electron chi connectivity index (χ3n) is 3.76. The minimum atomic E-state index is 0.490. The van der Waals surface area contributed by atoms with Crippen molar-refractivity contribution in [2.75, 3.05) is 6.54 Å². The maximum atomic E-state index is 5.93. The van der Waals surface area contributed by atoms with E-state index in [2.05, 4.69) is 43.4 Å². The van der Waals surface area contributed by atoms with Crippen molar-refractivity contribution in [3.8, 4) is 0 Å². The molecular weight excluding hydrogens is 222 g/mol. The molecule has 1 fully saturated rings. The molecule has 2 aromatic rings. The fraction of sp³-hybridized carbons (Fsp3) is 0.500. The van der Waals surface area contributed by atoms with Crippen LogP contribution in [0.25, 0.3) is 11.0 Å². The lowest BCUT2D eigenvalue weighted by Crippen LogP contribution is -2.18. The summed E-state index contributed by atoms with van der Waals surface area (Å²) in [4.78, 5) is 0. The van der Waals surface area contributed by atoms with Gasteiger partial charge in [-0.05, 0) is 50.9 Å². The summed E-state index contributed by atoms with van der Waals surface area (Å²) >= 11 is 0. The van der Waals surface area contributed by atoms with E-state index in [1.54, 1.807) is 0 Å². The van der Waals surface area contributed by atoms with Gasteiger partial charge in [0.1, 0.15) is 11.3 Å². The molecule has 18 heavy (non-hydrogen) atoms. The summed E-state index contributed by atoms with van der Waals surface area (Å²) in [5.41, 5.74) is 2.30. The second-order valence-corrected chi connectivity index (χ2v) is 5.61. The van der Waals surface area contributed by atoms with Crippen molar-refractivity contribution in [3.63, 3.8) is 0 Å². The Morgan fingerprint density at radius 2 is 2.17 bits per heavy atom. The van der Waals surface area contributed by atoms with Gasteiger partial charge in [0, 0.05) is 17.3 Å². The van der Waals surface area contributed by atoms with Crippen molar-refractivity contribution < 1.29 is 4.42 Å². The molecule has 1 aliphatic carbocycles. The van der Waals surface area contributed by atoms with Gasteiger partial charge in [-0.1, -0.05) is 18.6 Å². The first-order valence-electron chi connectivity index (χ1n) is 6.96. The molecule has 0 amide bonds. The Morgan fingerprint density at radius 3 is 2.94 bits per heavy atom. The molecule has 3 rings (SSSR count). The average molecular weight is 243 g/mol. The van der Waals surface area contributed by atoms with E-state index in [-0.39, 0.29) is 0 Å². The molecule has 96 valence electrons. The molecule has 2 heteroatoms. The Kier molecular flexibility index (Phi) is 3.13. The van der Waals surface area contributed by atoms with Gasteiger partial charge in [0.2, 0.25) is 0 Å². The molecule has 1 heterocycles. The van der Waals surface area contributed by atoms with Gasteiger partial charge >= 0.3 is 0 Å². The summed E-state index contributed by atoms with van der Waals surface area (Å²) in [5.74, 6) is 1.61. The van der Waals surface area contributed by atoms with Crippen LogP contribution in [-0.2, 0) is 0 Å². The molecule has 0 spiro atoms. The lowest BCUT2D eigenvalue weighted by Gasteiger charge is -2.08. The van der Waals surface area contributed by atoms with Crippen LogP contribution in [0.1, 0.15) is 43.4 Å². The Hall–Kier alpha value is -1.28. The number of hydrogen-bond donors (Lipinski definition) is 1. The summed E-state index contributed by atoms with van der Waals surface area (Å²) in [5, 5.41) is 4.79. The van der Waals surface area contributed by atoms with Crippen molar-refractivity contribution in [1.82, 2.24) is 5.32 Å². The molecule has 1 atom stereocenters. The molecule has 1 N–H and O–H groups in total. The molecule has 1 aromatic carbocycles. The molecule has 1 saturated carbocycles. The van der Waals surface area contributed by atoms with E-state index < -0.39 is 0 Å². The molecule has 0 aliphatic heterocycles. The second kappa shape index (κ2) is 4.77. The third kappa shape index (κ3) is 2.59. The molecule has 1 aliphatic rings. The highest BCUT2D eigenvalue weighted by molar-refractivity contribution is 5.78. The normalized spacial score (nSPS) is 17.2. The number of aryl methyl sites for hydroxylation is 1. The first-order chi connectivity index (χ1) is 8.72. The molecule has 0 radical (unpaired) electrons. The summed E-state index contributed by atoms with van der Waals surface area (Å²) in [6, 6.07) is 9.37. The molecule has 0 saturated heterocycles. The summed E-state index contributed by atoms with van der Waals surface area (Å²) in [7, 11) is 0. The van der Waals surface area contributed by atoms with Crippen molar-refractivity contribution in [1.29, 1.82) is 0 Å². The summed E-state index contributed by atoms with van der Waals surface area (Å²) < 4.78 is 5.93. The van der Waals surface area contributed by atoms with E-state index >= 15 is 0 Å². The standard InChI is InChI=1S/C16H21NO/c1-11-3-6-15-13(9-11)10-16(18-15)12(2)7-8-17-14-4-5-14/h3,6,9-10,12,14,17H,4-5,7-8H2,1-2H3. The van der Waals surface area contributed by atoms with Crippen molar-refractivity contribution in [3.05, 3.63) is 35.6 Å². The number of nitrogens with one attached hydrogen (secondary N) is 1. The van der Waals surface area contributed by atoms with Gasteiger partial charge in [0.05, 0.1) is 0 Å². The van der Waals surface area contributed by atoms with Crippen LogP contribution in [0, 0.1) is 6.92 Å². The van der Waals surface area contributed by atoms with Gasteiger partial charge < -0.3 is 9.73 Å². The molecule has 0 bridgehead atoms. The van der Waals surface area contributed by atoms with Crippen LogP contribution in [0.5, 0.6) is 0 Å². The predicted molar refractivity (Wildman–Crippen MR) is 75.0 cm³/mol. The highest BCUT2D eigenvalue weighted by atomic mass is 16.3. The van der Waals surface area contributed by atoms with E-state index in [4.69, 9.17) is 4.42 Å². The topological polar surface area (TPSA) is 25.2 Å². The Labute approximate surface area is 108 Å². The molecule has 1 aromatic heterocycles. The SMILES string of the molecule is Cc1ccc2oc(C(C)CCNC3CC3)cc2c1. The van der Waals surface area contributed by atoms with E-state index in [0.29, 0.717) is 5.92 Å². The second-order valence-electron chi connectivity index (χ2n) is 5.61. The maximum Gasteiger partial charge on any atom is 0.134 e. The first-order valence-corrected chi connectivity index (χ1v) is 6.96. The quantitative estimate of drug-likeness (QED) is 0.859. The summed E-state index contributed by atoms with van der Waals surface area (Å²) in [6.07, 6.45) is 3.87. The van der Waals surface area contributed by atoms with E-state index in [9.17, 15) is 0 Å². The monoisotopic (exact) mass is 243 g/mol. The van der Waals surface area contributed by atoms with Gasteiger partial charge in [0.25, 0.3) is 0 Å². The van der Waals surface area contributed by atoms with Crippen LogP contribution in [-0.4, -0.2) is 12.6 Å². The fourth-order valence-electron chi connectivity index (χ4n) is 2.36. The molecular formula is C16H21NO. The zero-order valence-electron chi connectivity index (χ0n) is 11.2. The van der Waals surface area contributed by atoms with Gasteiger partial charge in [-0.15, -0.1) is 0 Å². The average Bonchev–Trinajstić information content (AvgIpc) is 3.06. The number of furan rings is 1. The predicted octanol–water partition coefficient (Wildman–Crippen LogP) is 3.99. The number of fused-ring (bicyclic) bond motifs is 1. The van der Waals surface area contributed by atoms with Crippen LogP contribution >= 0.6 is 0 Å². The van der Waals surface area contributed by atoms with Crippen molar-refractivity contribution in [2.24, 2.45) is 0 Å².